The van der Waals surface area contributed by atoms with Gasteiger partial charge < -0.3 is 14.1 Å². The van der Waals surface area contributed by atoms with Crippen molar-refractivity contribution < 1.29 is 9.53 Å². The summed E-state index contributed by atoms with van der Waals surface area (Å²) in [5.41, 5.74) is 1.02. The number of ether oxygens (including phenoxy) is 1. The van der Waals surface area contributed by atoms with Crippen LogP contribution in [0.25, 0.3) is 10.9 Å². The normalized spacial score (nSPS) is 10.4. The molecule has 0 saturated carbocycles. The summed E-state index contributed by atoms with van der Waals surface area (Å²) in [5, 5.41) is 1.04. The molecule has 0 atom stereocenters. The van der Waals surface area contributed by atoms with Gasteiger partial charge in [0.2, 0.25) is 0 Å². The van der Waals surface area contributed by atoms with Gasteiger partial charge in [-0.05, 0) is 18.2 Å². The summed E-state index contributed by atoms with van der Waals surface area (Å²) >= 11 is 0. The van der Waals surface area contributed by atoms with E-state index in [9.17, 15) is 4.79 Å². The number of fused-ring (bicyclic) bond motifs is 1. The summed E-state index contributed by atoms with van der Waals surface area (Å²) in [6.07, 6.45) is 2.78. The molecule has 2 rings (SSSR count). The van der Waals surface area contributed by atoms with E-state index in [1.54, 1.807) is 7.11 Å². The van der Waals surface area contributed by atoms with Crippen LogP contribution in [0.1, 0.15) is 0 Å². The van der Waals surface area contributed by atoms with Crippen LogP contribution >= 0.6 is 0 Å². The van der Waals surface area contributed by atoms with Gasteiger partial charge in [0, 0.05) is 11.6 Å². The molecule has 0 fully saturated rings. The third-order valence-electron chi connectivity index (χ3n) is 2.26. The summed E-state index contributed by atoms with van der Waals surface area (Å²) in [4.78, 5) is 10.4. The molecule has 1 heterocycles. The van der Waals surface area contributed by atoms with Crippen molar-refractivity contribution in [1.29, 1.82) is 0 Å². The highest BCUT2D eigenvalue weighted by Crippen LogP contribution is 2.25. The average molecular weight is 189 g/mol. The van der Waals surface area contributed by atoms with Crippen LogP contribution in [0.4, 0.5) is 0 Å². The Balaban J connectivity index is 2.63. The Morgan fingerprint density at radius 3 is 3.00 bits per heavy atom. The van der Waals surface area contributed by atoms with E-state index in [4.69, 9.17) is 4.74 Å². The van der Waals surface area contributed by atoms with Crippen LogP contribution in [0.5, 0.6) is 5.75 Å². The van der Waals surface area contributed by atoms with Crippen molar-refractivity contribution in [2.75, 3.05) is 7.11 Å². The van der Waals surface area contributed by atoms with E-state index >= 15 is 0 Å². The number of hydrogen-bond acceptors (Lipinski definition) is 2. The lowest BCUT2D eigenvalue weighted by Crippen LogP contribution is -1.96. The van der Waals surface area contributed by atoms with Gasteiger partial charge in [-0.3, -0.25) is 0 Å². The van der Waals surface area contributed by atoms with Crippen LogP contribution in [0.2, 0.25) is 0 Å². The first-order valence-corrected chi connectivity index (χ1v) is 4.42. The summed E-state index contributed by atoms with van der Waals surface area (Å²) in [6, 6.07) is 7.76. The molecule has 0 N–H and O–H groups in total. The molecule has 0 saturated heterocycles. The van der Waals surface area contributed by atoms with Gasteiger partial charge in [0.1, 0.15) is 12.0 Å². The topological polar surface area (TPSA) is 31.2 Å². The van der Waals surface area contributed by atoms with Crippen molar-refractivity contribution in [3.63, 3.8) is 0 Å². The fourth-order valence-corrected chi connectivity index (χ4v) is 1.61. The molecule has 0 radical (unpaired) electrons. The molecule has 0 aliphatic heterocycles. The van der Waals surface area contributed by atoms with Crippen molar-refractivity contribution in [1.82, 2.24) is 4.57 Å². The molecule has 14 heavy (non-hydrogen) atoms. The SMILES string of the molecule is COc1cccc2c1ccn2CC=O. The van der Waals surface area contributed by atoms with E-state index in [0.29, 0.717) is 6.54 Å². The number of carbonyl (C=O) groups excluding carboxylic acids is 1. The van der Waals surface area contributed by atoms with Gasteiger partial charge in [-0.15, -0.1) is 0 Å². The smallest absolute Gasteiger partial charge is 0.139 e. The number of aromatic nitrogens is 1. The molecular weight excluding hydrogens is 178 g/mol. The maximum absolute atomic E-state index is 10.4. The first kappa shape index (κ1) is 8.81. The van der Waals surface area contributed by atoms with E-state index in [-0.39, 0.29) is 0 Å². The number of nitrogens with zero attached hydrogens (tertiary/aromatic N) is 1. The quantitative estimate of drug-likeness (QED) is 0.690. The summed E-state index contributed by atoms with van der Waals surface area (Å²) < 4.78 is 7.11. The molecule has 0 aliphatic rings. The predicted molar refractivity (Wildman–Crippen MR) is 54.6 cm³/mol. The maximum atomic E-state index is 10.4. The van der Waals surface area contributed by atoms with Gasteiger partial charge in [-0.25, -0.2) is 0 Å². The lowest BCUT2D eigenvalue weighted by Gasteiger charge is -2.03. The molecule has 1 aromatic carbocycles. The highest BCUT2D eigenvalue weighted by atomic mass is 16.5. The standard InChI is InChI=1S/C11H11NO2/c1-14-11-4-2-3-10-9(11)5-6-12(10)7-8-13/h2-6,8H,7H2,1H3. The zero-order valence-electron chi connectivity index (χ0n) is 7.93. The lowest BCUT2D eigenvalue weighted by atomic mass is 10.2. The summed E-state index contributed by atoms with van der Waals surface area (Å²) in [7, 11) is 1.64. The van der Waals surface area contributed by atoms with Crippen molar-refractivity contribution in [2.45, 2.75) is 6.54 Å². The van der Waals surface area contributed by atoms with Crippen LogP contribution in [0.15, 0.2) is 30.5 Å². The van der Waals surface area contributed by atoms with Gasteiger partial charge in [-0.1, -0.05) is 6.07 Å². The van der Waals surface area contributed by atoms with E-state index in [1.807, 2.05) is 35.0 Å². The number of aldehydes is 1. The number of carbonyl (C=O) groups is 1. The minimum Gasteiger partial charge on any atom is -0.496 e. The molecule has 72 valence electrons. The minimum atomic E-state index is 0.386. The fraction of sp³-hybridized carbons (Fsp3) is 0.182. The van der Waals surface area contributed by atoms with Crippen LogP contribution < -0.4 is 4.74 Å². The molecular formula is C11H11NO2. The Labute approximate surface area is 81.9 Å². The van der Waals surface area contributed by atoms with Crippen LogP contribution in [-0.4, -0.2) is 18.0 Å². The Morgan fingerprint density at radius 1 is 1.43 bits per heavy atom. The van der Waals surface area contributed by atoms with Crippen LogP contribution in [0, 0.1) is 0 Å². The van der Waals surface area contributed by atoms with Crippen molar-refractivity contribution >= 4 is 17.2 Å². The largest absolute Gasteiger partial charge is 0.496 e. The van der Waals surface area contributed by atoms with Crippen molar-refractivity contribution in [2.24, 2.45) is 0 Å². The second-order valence-electron chi connectivity index (χ2n) is 3.03. The number of methoxy groups -OCH3 is 1. The predicted octanol–water partition coefficient (Wildman–Crippen LogP) is 1.85. The number of hydrogen-bond donors (Lipinski definition) is 0. The van der Waals surface area contributed by atoms with Crippen LogP contribution in [0.3, 0.4) is 0 Å². The molecule has 0 spiro atoms. The molecule has 0 aliphatic carbocycles. The molecule has 3 nitrogen and oxygen atoms in total. The van der Waals surface area contributed by atoms with E-state index < -0.39 is 0 Å². The van der Waals surface area contributed by atoms with Gasteiger partial charge in [0.15, 0.2) is 0 Å². The average Bonchev–Trinajstić information content (AvgIpc) is 2.62. The van der Waals surface area contributed by atoms with Crippen molar-refractivity contribution in [3.8, 4) is 5.75 Å². The highest BCUT2D eigenvalue weighted by molar-refractivity contribution is 5.86. The van der Waals surface area contributed by atoms with Gasteiger partial charge in [-0.2, -0.15) is 0 Å². The fourth-order valence-electron chi connectivity index (χ4n) is 1.61. The minimum absolute atomic E-state index is 0.386. The van der Waals surface area contributed by atoms with E-state index in [2.05, 4.69) is 0 Å². The maximum Gasteiger partial charge on any atom is 0.139 e. The Hall–Kier alpha value is -1.77. The zero-order valence-corrected chi connectivity index (χ0v) is 7.93. The summed E-state index contributed by atoms with van der Waals surface area (Å²) in [5.74, 6) is 0.840. The molecule has 2 aromatic rings. The third-order valence-corrected chi connectivity index (χ3v) is 2.26. The molecule has 3 heteroatoms. The molecule has 0 unspecified atom stereocenters. The summed E-state index contributed by atoms with van der Waals surface area (Å²) in [6.45, 7) is 0.386. The Morgan fingerprint density at radius 2 is 2.29 bits per heavy atom. The number of rotatable bonds is 3. The number of benzene rings is 1. The Kier molecular flexibility index (Phi) is 2.23. The second-order valence-corrected chi connectivity index (χ2v) is 3.03. The third kappa shape index (κ3) is 1.27. The molecule has 1 aromatic heterocycles. The second kappa shape index (κ2) is 3.54. The van der Waals surface area contributed by atoms with Crippen LogP contribution in [-0.2, 0) is 11.3 Å². The zero-order chi connectivity index (χ0) is 9.97. The Bertz CT molecular complexity index is 459. The highest BCUT2D eigenvalue weighted by Gasteiger charge is 2.04. The monoisotopic (exact) mass is 189 g/mol. The molecule has 0 amide bonds. The molecule has 0 bridgehead atoms. The first-order valence-electron chi connectivity index (χ1n) is 4.42. The first-order chi connectivity index (χ1) is 6.86. The van der Waals surface area contributed by atoms with Crippen molar-refractivity contribution in [3.05, 3.63) is 30.5 Å². The lowest BCUT2D eigenvalue weighted by molar-refractivity contribution is -0.108. The van der Waals surface area contributed by atoms with E-state index in [1.165, 1.54) is 0 Å². The van der Waals surface area contributed by atoms with Gasteiger partial charge >= 0.3 is 0 Å². The van der Waals surface area contributed by atoms with E-state index in [0.717, 1.165) is 22.9 Å². The van der Waals surface area contributed by atoms with Gasteiger partial charge in [0.25, 0.3) is 0 Å². The van der Waals surface area contributed by atoms with Gasteiger partial charge in [0.05, 0.1) is 19.2 Å².